The Morgan fingerprint density at radius 1 is 1.50 bits per heavy atom. The van der Waals surface area contributed by atoms with Crippen LogP contribution in [0, 0.1) is 5.92 Å². The number of allylic oxidation sites excluding steroid dienone is 1. The van der Waals surface area contributed by atoms with Gasteiger partial charge in [-0.1, -0.05) is 32.9 Å². The third-order valence-electron chi connectivity index (χ3n) is 3.44. The predicted molar refractivity (Wildman–Crippen MR) is 82.7 cm³/mol. The summed E-state index contributed by atoms with van der Waals surface area (Å²) >= 11 is 1.57. The van der Waals surface area contributed by atoms with E-state index >= 15 is 0 Å². The molecule has 0 radical (unpaired) electrons. The highest BCUT2D eigenvalue weighted by Crippen LogP contribution is 2.22. The lowest BCUT2D eigenvalue weighted by molar-refractivity contribution is -0.146. The van der Waals surface area contributed by atoms with Crippen LogP contribution in [0.15, 0.2) is 24.3 Å². The van der Waals surface area contributed by atoms with Gasteiger partial charge in [0.15, 0.2) is 0 Å². The maximum atomic E-state index is 11.2. The molecule has 4 heteroatoms. The molecule has 0 fully saturated rings. The Morgan fingerprint density at radius 3 is 2.95 bits per heavy atom. The third-order valence-corrected chi connectivity index (χ3v) is 4.54. The first-order chi connectivity index (χ1) is 9.56. The maximum Gasteiger partial charge on any atom is 0.330 e. The molecule has 0 saturated carbocycles. The van der Waals surface area contributed by atoms with E-state index < -0.39 is 0 Å². The minimum absolute atomic E-state index is 0.00110. The molecule has 2 rings (SSSR count). The molecule has 20 heavy (non-hydrogen) atoms. The van der Waals surface area contributed by atoms with E-state index in [1.807, 2.05) is 6.08 Å². The highest BCUT2D eigenvalue weighted by molar-refractivity contribution is 7.06. The van der Waals surface area contributed by atoms with Crippen LogP contribution in [0.1, 0.15) is 50.1 Å². The van der Waals surface area contributed by atoms with Gasteiger partial charge in [0.1, 0.15) is 6.10 Å². The van der Waals surface area contributed by atoms with Gasteiger partial charge in [-0.05, 0) is 41.9 Å². The van der Waals surface area contributed by atoms with E-state index in [4.69, 9.17) is 4.74 Å². The van der Waals surface area contributed by atoms with Crippen LogP contribution in [-0.2, 0) is 9.53 Å². The molecule has 0 spiro atoms. The number of ether oxygens (including phenoxy) is 1. The van der Waals surface area contributed by atoms with Crippen LogP contribution in [0.3, 0.4) is 0 Å². The molecular weight excluding hydrogens is 270 g/mol. The zero-order valence-corrected chi connectivity index (χ0v) is 13.0. The molecule has 0 aromatic carbocycles. The second kappa shape index (κ2) is 6.84. The van der Waals surface area contributed by atoms with Crippen LogP contribution in [0.25, 0.3) is 6.08 Å². The van der Waals surface area contributed by atoms with Gasteiger partial charge >= 0.3 is 5.97 Å². The molecule has 0 N–H and O–H groups in total. The topological polar surface area (TPSA) is 39.2 Å². The Morgan fingerprint density at radius 2 is 2.30 bits per heavy atom. The van der Waals surface area contributed by atoms with Gasteiger partial charge in [-0.15, -0.1) is 0 Å². The molecule has 2 atom stereocenters. The van der Waals surface area contributed by atoms with Crippen LogP contribution in [-0.4, -0.2) is 16.4 Å². The fourth-order valence-electron chi connectivity index (χ4n) is 2.09. The summed E-state index contributed by atoms with van der Waals surface area (Å²) in [5.74, 6) is 0.628. The van der Waals surface area contributed by atoms with Gasteiger partial charge in [0.05, 0.1) is 5.69 Å². The van der Waals surface area contributed by atoms with Crippen molar-refractivity contribution in [3.05, 3.63) is 34.9 Å². The fourth-order valence-corrected chi connectivity index (χ4v) is 2.80. The summed E-state index contributed by atoms with van der Waals surface area (Å²) in [5, 5.41) is 0. The number of carbonyl (C=O) groups excluding carboxylic acids is 1. The second-order valence-corrected chi connectivity index (χ2v) is 6.37. The summed E-state index contributed by atoms with van der Waals surface area (Å²) in [4.78, 5) is 12.5. The lowest BCUT2D eigenvalue weighted by atomic mass is 9.96. The number of carbonyl (C=O) groups is 1. The van der Waals surface area contributed by atoms with Gasteiger partial charge < -0.3 is 4.74 Å². The first-order valence-electron chi connectivity index (χ1n) is 7.06. The van der Waals surface area contributed by atoms with E-state index in [1.54, 1.807) is 11.5 Å². The Kier molecular flexibility index (Phi) is 5.12. The van der Waals surface area contributed by atoms with Gasteiger partial charge in [-0.25, -0.2) is 4.79 Å². The number of esters is 1. The summed E-state index contributed by atoms with van der Waals surface area (Å²) < 4.78 is 9.73. The highest BCUT2D eigenvalue weighted by Gasteiger charge is 2.21. The van der Waals surface area contributed by atoms with Gasteiger partial charge in [-0.2, -0.15) is 4.37 Å². The Hall–Kier alpha value is -1.42. The van der Waals surface area contributed by atoms with E-state index in [-0.39, 0.29) is 12.1 Å². The van der Waals surface area contributed by atoms with Crippen LogP contribution < -0.4 is 0 Å². The van der Waals surface area contributed by atoms with Crippen molar-refractivity contribution in [3.63, 3.8) is 0 Å². The minimum atomic E-state index is -0.224. The summed E-state index contributed by atoms with van der Waals surface area (Å²) in [6.45, 7) is 6.46. The second-order valence-electron chi connectivity index (χ2n) is 5.54. The molecule has 1 aliphatic rings. The molecule has 0 bridgehead atoms. The number of rotatable bonds is 5. The number of hydrogen-bond donors (Lipinski definition) is 0. The molecule has 0 aliphatic carbocycles. The predicted octanol–water partition coefficient (Wildman–Crippen LogP) is 4.18. The van der Waals surface area contributed by atoms with Crippen molar-refractivity contribution in [1.29, 1.82) is 0 Å². The average molecular weight is 291 g/mol. The Labute approximate surface area is 124 Å². The van der Waals surface area contributed by atoms with Crippen LogP contribution in [0.5, 0.6) is 0 Å². The lowest BCUT2D eigenvalue weighted by Gasteiger charge is -2.23. The average Bonchev–Trinajstić information content (AvgIpc) is 2.87. The number of hydrogen-bond acceptors (Lipinski definition) is 4. The van der Waals surface area contributed by atoms with Gasteiger partial charge in [0.2, 0.25) is 0 Å². The minimum Gasteiger partial charge on any atom is -0.459 e. The third kappa shape index (κ3) is 4.04. The summed E-state index contributed by atoms with van der Waals surface area (Å²) in [6.07, 6.45) is 9.28. The van der Waals surface area contributed by atoms with Gasteiger partial charge in [0.25, 0.3) is 0 Å². The molecule has 108 valence electrons. The Bertz CT molecular complexity index is 516. The standard InChI is InChI=1S/C16H21NO2S/c1-11(2)15-10-13(17-20-15)7-4-6-12(3)14-8-5-9-16(18)19-14/h4-5,7,9-12,14H,6,8H2,1-3H3. The fraction of sp³-hybridized carbons (Fsp3) is 0.500. The van der Waals surface area contributed by atoms with E-state index in [9.17, 15) is 4.79 Å². The van der Waals surface area contributed by atoms with Crippen molar-refractivity contribution in [2.75, 3.05) is 0 Å². The number of aromatic nitrogens is 1. The van der Waals surface area contributed by atoms with Gasteiger partial charge in [0, 0.05) is 17.4 Å². The monoisotopic (exact) mass is 291 g/mol. The van der Waals surface area contributed by atoms with Crippen LogP contribution >= 0.6 is 11.5 Å². The van der Waals surface area contributed by atoms with E-state index in [1.165, 1.54) is 11.0 Å². The maximum absolute atomic E-state index is 11.2. The molecule has 0 amide bonds. The number of nitrogens with zero attached hydrogens (tertiary/aromatic N) is 1. The molecule has 2 unspecified atom stereocenters. The summed E-state index contributed by atoms with van der Waals surface area (Å²) in [5.41, 5.74) is 1.02. The molecule has 1 aromatic rings. The van der Waals surface area contributed by atoms with E-state index in [0.717, 1.165) is 18.5 Å². The van der Waals surface area contributed by atoms with Crippen molar-refractivity contribution in [3.8, 4) is 0 Å². The van der Waals surface area contributed by atoms with Crippen molar-refractivity contribution >= 4 is 23.6 Å². The normalized spacial score (nSPS) is 20.6. The molecule has 1 aliphatic heterocycles. The lowest BCUT2D eigenvalue weighted by Crippen LogP contribution is -2.26. The zero-order valence-electron chi connectivity index (χ0n) is 12.2. The largest absolute Gasteiger partial charge is 0.459 e. The van der Waals surface area contributed by atoms with E-state index in [0.29, 0.717) is 11.8 Å². The van der Waals surface area contributed by atoms with Gasteiger partial charge in [-0.3, -0.25) is 0 Å². The smallest absolute Gasteiger partial charge is 0.330 e. The quantitative estimate of drug-likeness (QED) is 0.764. The van der Waals surface area contributed by atoms with Crippen molar-refractivity contribution in [2.45, 2.75) is 45.6 Å². The Balaban J connectivity index is 1.85. The van der Waals surface area contributed by atoms with Crippen molar-refractivity contribution in [2.24, 2.45) is 5.92 Å². The highest BCUT2D eigenvalue weighted by atomic mass is 32.1. The first kappa shape index (κ1) is 15.0. The SMILES string of the molecule is CC(C)c1cc(C=CCC(C)C2CC=CC(=O)O2)ns1. The molecule has 3 nitrogen and oxygen atoms in total. The van der Waals surface area contributed by atoms with E-state index in [2.05, 4.69) is 43.4 Å². The molecule has 2 heterocycles. The van der Waals surface area contributed by atoms with Crippen molar-refractivity contribution in [1.82, 2.24) is 4.37 Å². The number of cyclic esters (lactones) is 1. The molecule has 0 saturated heterocycles. The van der Waals surface area contributed by atoms with Crippen LogP contribution in [0.2, 0.25) is 0 Å². The zero-order chi connectivity index (χ0) is 14.5. The molecular formula is C16H21NO2S. The summed E-state index contributed by atoms with van der Waals surface area (Å²) in [6, 6.07) is 2.14. The summed E-state index contributed by atoms with van der Waals surface area (Å²) in [7, 11) is 0. The molecule has 1 aromatic heterocycles. The first-order valence-corrected chi connectivity index (χ1v) is 7.84. The van der Waals surface area contributed by atoms with Crippen LogP contribution in [0.4, 0.5) is 0 Å². The van der Waals surface area contributed by atoms with Crippen molar-refractivity contribution < 1.29 is 9.53 Å².